The van der Waals surface area contributed by atoms with E-state index in [0.717, 1.165) is 0 Å². The lowest BCUT2D eigenvalue weighted by Crippen LogP contribution is -2.02. The lowest BCUT2D eigenvalue weighted by molar-refractivity contribution is 0.627. The van der Waals surface area contributed by atoms with Crippen LogP contribution in [0, 0.1) is 5.82 Å². The molecule has 0 saturated heterocycles. The molecular formula is C10H6BrCl2FN4. The second-order valence-corrected chi connectivity index (χ2v) is 4.91. The van der Waals surface area contributed by atoms with Gasteiger partial charge in [0, 0.05) is 4.47 Å². The van der Waals surface area contributed by atoms with Crippen molar-refractivity contribution in [2.24, 2.45) is 0 Å². The SMILES string of the molecule is Nc1cnc(Cl)nc1Nc1c(Cl)cc(F)cc1Br. The maximum atomic E-state index is 13.1. The van der Waals surface area contributed by atoms with Crippen LogP contribution in [0.5, 0.6) is 0 Å². The van der Waals surface area contributed by atoms with Crippen LogP contribution in [-0.2, 0) is 0 Å². The fraction of sp³-hybridized carbons (Fsp3) is 0. The molecule has 0 radical (unpaired) electrons. The first-order valence-electron chi connectivity index (χ1n) is 4.67. The maximum absolute atomic E-state index is 13.1. The molecule has 0 fully saturated rings. The number of nitrogens with two attached hydrogens (primary N) is 1. The van der Waals surface area contributed by atoms with Crippen LogP contribution >= 0.6 is 39.1 Å². The highest BCUT2D eigenvalue weighted by atomic mass is 79.9. The molecule has 1 aromatic heterocycles. The molecule has 0 unspecified atom stereocenters. The molecule has 0 saturated carbocycles. The van der Waals surface area contributed by atoms with E-state index in [9.17, 15) is 4.39 Å². The van der Waals surface area contributed by atoms with Gasteiger partial charge in [-0.05, 0) is 39.7 Å². The van der Waals surface area contributed by atoms with Gasteiger partial charge in [0.15, 0.2) is 5.82 Å². The van der Waals surface area contributed by atoms with E-state index in [1.165, 1.54) is 18.3 Å². The summed E-state index contributed by atoms with van der Waals surface area (Å²) >= 11 is 14.8. The Hall–Kier alpha value is -1.11. The number of nitrogen functional groups attached to an aromatic ring is 1. The minimum atomic E-state index is -0.453. The van der Waals surface area contributed by atoms with Crippen molar-refractivity contribution in [2.75, 3.05) is 11.1 Å². The Morgan fingerprint density at radius 2 is 2.06 bits per heavy atom. The number of hydrogen-bond acceptors (Lipinski definition) is 4. The summed E-state index contributed by atoms with van der Waals surface area (Å²) in [7, 11) is 0. The van der Waals surface area contributed by atoms with Gasteiger partial charge in [-0.1, -0.05) is 11.6 Å². The van der Waals surface area contributed by atoms with Crippen molar-refractivity contribution in [3.63, 3.8) is 0 Å². The predicted molar refractivity (Wildman–Crippen MR) is 73.8 cm³/mol. The summed E-state index contributed by atoms with van der Waals surface area (Å²) in [6.07, 6.45) is 1.36. The summed E-state index contributed by atoms with van der Waals surface area (Å²) in [6.45, 7) is 0. The summed E-state index contributed by atoms with van der Waals surface area (Å²) in [4.78, 5) is 7.64. The number of rotatable bonds is 2. The number of aromatic nitrogens is 2. The zero-order valence-corrected chi connectivity index (χ0v) is 11.8. The first-order valence-corrected chi connectivity index (χ1v) is 6.22. The van der Waals surface area contributed by atoms with Crippen LogP contribution in [0.15, 0.2) is 22.8 Å². The highest BCUT2D eigenvalue weighted by Gasteiger charge is 2.11. The van der Waals surface area contributed by atoms with Crippen LogP contribution < -0.4 is 11.1 Å². The second kappa shape index (κ2) is 5.26. The van der Waals surface area contributed by atoms with E-state index < -0.39 is 5.82 Å². The van der Waals surface area contributed by atoms with Gasteiger partial charge in [-0.15, -0.1) is 0 Å². The van der Waals surface area contributed by atoms with Crippen molar-refractivity contribution < 1.29 is 4.39 Å². The molecule has 0 atom stereocenters. The van der Waals surface area contributed by atoms with Crippen LogP contribution in [0.3, 0.4) is 0 Å². The predicted octanol–water partition coefficient (Wildman–Crippen LogP) is 4.01. The van der Waals surface area contributed by atoms with E-state index in [2.05, 4.69) is 31.2 Å². The van der Waals surface area contributed by atoms with Gasteiger partial charge in [0.1, 0.15) is 5.82 Å². The lowest BCUT2D eigenvalue weighted by Gasteiger charge is -2.11. The van der Waals surface area contributed by atoms with E-state index in [0.29, 0.717) is 21.7 Å². The molecule has 0 aliphatic heterocycles. The molecule has 2 aromatic rings. The molecule has 0 bridgehead atoms. The highest BCUT2D eigenvalue weighted by Crippen LogP contribution is 2.34. The van der Waals surface area contributed by atoms with Crippen LogP contribution in [0.4, 0.5) is 21.6 Å². The Balaban J connectivity index is 2.43. The molecule has 0 aliphatic rings. The smallest absolute Gasteiger partial charge is 0.224 e. The third-order valence-corrected chi connectivity index (χ3v) is 3.14. The van der Waals surface area contributed by atoms with Crippen molar-refractivity contribution in [1.82, 2.24) is 9.97 Å². The maximum Gasteiger partial charge on any atom is 0.224 e. The number of halogens is 4. The Morgan fingerprint density at radius 3 is 2.72 bits per heavy atom. The van der Waals surface area contributed by atoms with E-state index in [4.69, 9.17) is 28.9 Å². The Kier molecular flexibility index (Phi) is 3.89. The fourth-order valence-corrected chi connectivity index (χ4v) is 2.28. The summed E-state index contributed by atoms with van der Waals surface area (Å²) < 4.78 is 13.5. The number of nitrogens with zero attached hydrogens (tertiary/aromatic N) is 2. The molecule has 1 aromatic carbocycles. The molecule has 8 heteroatoms. The molecule has 4 nitrogen and oxygen atoms in total. The number of anilines is 3. The molecule has 0 aliphatic carbocycles. The number of hydrogen-bond donors (Lipinski definition) is 2. The van der Waals surface area contributed by atoms with Gasteiger partial charge in [-0.3, -0.25) is 0 Å². The van der Waals surface area contributed by atoms with E-state index in [1.54, 1.807) is 0 Å². The quantitative estimate of drug-likeness (QED) is 0.802. The van der Waals surface area contributed by atoms with E-state index in [-0.39, 0.29) is 10.3 Å². The van der Waals surface area contributed by atoms with E-state index >= 15 is 0 Å². The minimum Gasteiger partial charge on any atom is -0.394 e. The largest absolute Gasteiger partial charge is 0.394 e. The molecule has 1 heterocycles. The fourth-order valence-electron chi connectivity index (χ4n) is 1.25. The summed E-state index contributed by atoms with van der Waals surface area (Å²) in [6, 6.07) is 2.45. The van der Waals surface area contributed by atoms with Crippen molar-refractivity contribution >= 4 is 56.3 Å². The molecule has 2 rings (SSSR count). The van der Waals surface area contributed by atoms with Gasteiger partial charge in [-0.2, -0.15) is 4.98 Å². The zero-order chi connectivity index (χ0) is 13.3. The molecule has 0 spiro atoms. The van der Waals surface area contributed by atoms with Crippen molar-refractivity contribution in [3.05, 3.63) is 38.9 Å². The topological polar surface area (TPSA) is 63.8 Å². The zero-order valence-electron chi connectivity index (χ0n) is 8.72. The molecule has 94 valence electrons. The van der Waals surface area contributed by atoms with Gasteiger partial charge < -0.3 is 11.1 Å². The third-order valence-electron chi connectivity index (χ3n) is 2.04. The summed E-state index contributed by atoms with van der Waals surface area (Å²) in [5, 5.41) is 3.10. The normalized spacial score (nSPS) is 10.4. The average Bonchev–Trinajstić information content (AvgIpc) is 2.28. The van der Waals surface area contributed by atoms with Crippen molar-refractivity contribution in [1.29, 1.82) is 0 Å². The lowest BCUT2D eigenvalue weighted by atomic mass is 10.3. The monoisotopic (exact) mass is 350 g/mol. The van der Waals surface area contributed by atoms with Crippen LogP contribution in [0.25, 0.3) is 0 Å². The highest BCUT2D eigenvalue weighted by molar-refractivity contribution is 9.10. The van der Waals surface area contributed by atoms with Crippen LogP contribution in [0.2, 0.25) is 10.3 Å². The molecule has 0 amide bonds. The van der Waals surface area contributed by atoms with Gasteiger partial charge in [0.05, 0.1) is 22.6 Å². The first-order chi connectivity index (χ1) is 8.47. The second-order valence-electron chi connectivity index (χ2n) is 3.31. The Bertz CT molecular complexity index is 585. The average molecular weight is 352 g/mol. The van der Waals surface area contributed by atoms with Crippen LogP contribution in [-0.4, -0.2) is 9.97 Å². The number of benzene rings is 1. The van der Waals surface area contributed by atoms with Crippen molar-refractivity contribution in [2.45, 2.75) is 0 Å². The molecule has 18 heavy (non-hydrogen) atoms. The Labute approximate surface area is 120 Å². The Morgan fingerprint density at radius 1 is 1.33 bits per heavy atom. The van der Waals surface area contributed by atoms with Crippen molar-refractivity contribution in [3.8, 4) is 0 Å². The van der Waals surface area contributed by atoms with Gasteiger partial charge >= 0.3 is 0 Å². The van der Waals surface area contributed by atoms with Gasteiger partial charge in [-0.25, -0.2) is 9.37 Å². The van der Waals surface area contributed by atoms with E-state index in [1.807, 2.05) is 0 Å². The van der Waals surface area contributed by atoms with Gasteiger partial charge in [0.2, 0.25) is 5.28 Å². The number of nitrogens with one attached hydrogen (secondary N) is 1. The summed E-state index contributed by atoms with van der Waals surface area (Å²) in [5.41, 5.74) is 6.43. The standard InChI is InChI=1S/C10H6BrCl2FN4/c11-5-1-4(14)2-6(12)8(5)17-9-7(15)3-16-10(13)18-9/h1-3H,15H2,(H,16,17,18). The first kappa shape index (κ1) is 13.3. The molecular weight excluding hydrogens is 346 g/mol. The van der Waals surface area contributed by atoms with Gasteiger partial charge in [0.25, 0.3) is 0 Å². The molecule has 3 N–H and O–H groups in total. The third kappa shape index (κ3) is 2.82. The van der Waals surface area contributed by atoms with Crippen LogP contribution in [0.1, 0.15) is 0 Å². The summed E-state index contributed by atoms with van der Waals surface area (Å²) in [5.74, 6) is -0.157. The minimum absolute atomic E-state index is 0.0426.